The lowest BCUT2D eigenvalue weighted by molar-refractivity contribution is 0.0773. The van der Waals surface area contributed by atoms with Gasteiger partial charge in [-0.05, 0) is 53.7 Å². The third kappa shape index (κ3) is 3.74. The molecule has 0 spiro atoms. The molecule has 1 aromatic carbocycles. The van der Waals surface area contributed by atoms with Gasteiger partial charge in [-0.25, -0.2) is 0 Å². The number of nitrogens with zero attached hydrogens (tertiary/aromatic N) is 1. The SMILES string of the molecule is CN(Cc1ccccc1O)C1CC(C)(C)NC(C)(C)C1. The van der Waals surface area contributed by atoms with Crippen molar-refractivity contribution >= 4 is 0 Å². The normalized spacial score (nSPS) is 22.1. The summed E-state index contributed by atoms with van der Waals surface area (Å²) in [6, 6.07) is 8.15. The van der Waals surface area contributed by atoms with Crippen molar-refractivity contribution in [2.45, 2.75) is 64.2 Å². The molecule has 1 aliphatic rings. The van der Waals surface area contributed by atoms with E-state index in [1.165, 1.54) is 0 Å². The van der Waals surface area contributed by atoms with Crippen LogP contribution < -0.4 is 5.32 Å². The van der Waals surface area contributed by atoms with Crippen molar-refractivity contribution in [3.8, 4) is 5.75 Å². The van der Waals surface area contributed by atoms with Gasteiger partial charge in [0.2, 0.25) is 0 Å². The summed E-state index contributed by atoms with van der Waals surface area (Å²) < 4.78 is 0. The lowest BCUT2D eigenvalue weighted by atomic mass is 9.79. The second-order valence-electron chi connectivity index (χ2n) is 7.50. The minimum absolute atomic E-state index is 0.152. The molecule has 0 atom stereocenters. The summed E-state index contributed by atoms with van der Waals surface area (Å²) in [5.74, 6) is 0.395. The molecule has 1 aliphatic heterocycles. The van der Waals surface area contributed by atoms with Gasteiger partial charge in [-0.15, -0.1) is 0 Å². The zero-order valence-corrected chi connectivity index (χ0v) is 13.4. The molecule has 2 N–H and O–H groups in total. The number of benzene rings is 1. The van der Waals surface area contributed by atoms with E-state index in [9.17, 15) is 5.11 Å². The Morgan fingerprint density at radius 1 is 1.15 bits per heavy atom. The Balaban J connectivity index is 2.09. The van der Waals surface area contributed by atoms with Crippen LogP contribution in [0.15, 0.2) is 24.3 Å². The molecule has 3 nitrogen and oxygen atoms in total. The van der Waals surface area contributed by atoms with Crippen LogP contribution in [0.4, 0.5) is 0 Å². The van der Waals surface area contributed by atoms with Gasteiger partial charge in [0, 0.05) is 29.2 Å². The van der Waals surface area contributed by atoms with Crippen molar-refractivity contribution in [2.75, 3.05) is 7.05 Å². The van der Waals surface area contributed by atoms with Crippen LogP contribution in [0.3, 0.4) is 0 Å². The minimum atomic E-state index is 0.152. The number of phenols is 1. The van der Waals surface area contributed by atoms with Crippen LogP contribution in [-0.4, -0.2) is 34.2 Å². The molecule has 0 bridgehead atoms. The Labute approximate surface area is 123 Å². The molecule has 0 aromatic heterocycles. The molecular formula is C17H28N2O. The molecule has 0 aliphatic carbocycles. The molecule has 1 fully saturated rings. The van der Waals surface area contributed by atoms with E-state index in [1.807, 2.05) is 18.2 Å². The van der Waals surface area contributed by atoms with E-state index < -0.39 is 0 Å². The number of nitrogens with one attached hydrogen (secondary N) is 1. The summed E-state index contributed by atoms with van der Waals surface area (Å²) in [4.78, 5) is 2.37. The first-order valence-electron chi connectivity index (χ1n) is 7.45. The van der Waals surface area contributed by atoms with Crippen LogP contribution >= 0.6 is 0 Å². The highest BCUT2D eigenvalue weighted by atomic mass is 16.3. The average molecular weight is 276 g/mol. The lowest BCUT2D eigenvalue weighted by Gasteiger charge is -2.49. The first kappa shape index (κ1) is 15.3. The van der Waals surface area contributed by atoms with Crippen LogP contribution in [-0.2, 0) is 6.54 Å². The minimum Gasteiger partial charge on any atom is -0.508 e. The van der Waals surface area contributed by atoms with Gasteiger partial charge in [0.15, 0.2) is 0 Å². The molecule has 112 valence electrons. The van der Waals surface area contributed by atoms with Gasteiger partial charge in [-0.2, -0.15) is 0 Å². The molecule has 0 amide bonds. The van der Waals surface area contributed by atoms with Gasteiger partial charge in [-0.1, -0.05) is 18.2 Å². The predicted molar refractivity (Wildman–Crippen MR) is 83.9 cm³/mol. The second kappa shape index (κ2) is 5.38. The van der Waals surface area contributed by atoms with Crippen molar-refractivity contribution in [3.63, 3.8) is 0 Å². The van der Waals surface area contributed by atoms with E-state index in [0.717, 1.165) is 24.9 Å². The maximum absolute atomic E-state index is 9.92. The third-order valence-electron chi connectivity index (χ3n) is 4.20. The second-order valence-corrected chi connectivity index (χ2v) is 7.50. The standard InChI is InChI=1S/C17H28N2O/c1-16(2)10-14(11-17(3,4)18-16)19(5)12-13-8-6-7-9-15(13)20/h6-9,14,18,20H,10-12H2,1-5H3. The maximum atomic E-state index is 9.92. The maximum Gasteiger partial charge on any atom is 0.120 e. The highest BCUT2D eigenvalue weighted by Crippen LogP contribution is 2.32. The van der Waals surface area contributed by atoms with E-state index in [4.69, 9.17) is 0 Å². The number of hydrogen-bond donors (Lipinski definition) is 2. The molecule has 2 rings (SSSR count). The van der Waals surface area contributed by atoms with Crippen molar-refractivity contribution in [1.29, 1.82) is 0 Å². The Kier molecular flexibility index (Phi) is 4.12. The van der Waals surface area contributed by atoms with Crippen LogP contribution in [0.25, 0.3) is 0 Å². The molecule has 3 heteroatoms. The molecule has 1 aromatic rings. The number of piperidine rings is 1. The first-order chi connectivity index (χ1) is 9.19. The van der Waals surface area contributed by atoms with Gasteiger partial charge in [0.05, 0.1) is 0 Å². The summed E-state index contributed by atoms with van der Waals surface area (Å²) >= 11 is 0. The van der Waals surface area contributed by atoms with E-state index in [0.29, 0.717) is 11.8 Å². The quantitative estimate of drug-likeness (QED) is 0.890. The topological polar surface area (TPSA) is 35.5 Å². The summed E-state index contributed by atoms with van der Waals surface area (Å²) in [7, 11) is 2.16. The van der Waals surface area contributed by atoms with Gasteiger partial charge < -0.3 is 10.4 Å². The fourth-order valence-corrected chi connectivity index (χ4v) is 3.62. The van der Waals surface area contributed by atoms with Crippen molar-refractivity contribution in [2.24, 2.45) is 0 Å². The largest absolute Gasteiger partial charge is 0.508 e. The van der Waals surface area contributed by atoms with Crippen molar-refractivity contribution in [1.82, 2.24) is 10.2 Å². The van der Waals surface area contributed by atoms with E-state index in [-0.39, 0.29) is 11.1 Å². The summed E-state index contributed by atoms with van der Waals surface area (Å²) in [6.45, 7) is 9.89. The molecule has 1 saturated heterocycles. The first-order valence-corrected chi connectivity index (χ1v) is 7.45. The average Bonchev–Trinajstić information content (AvgIpc) is 2.28. The van der Waals surface area contributed by atoms with Gasteiger partial charge >= 0.3 is 0 Å². The number of aromatic hydroxyl groups is 1. The molecule has 20 heavy (non-hydrogen) atoms. The summed E-state index contributed by atoms with van der Waals surface area (Å²) in [5.41, 5.74) is 1.31. The fourth-order valence-electron chi connectivity index (χ4n) is 3.62. The summed E-state index contributed by atoms with van der Waals surface area (Å²) in [6.07, 6.45) is 2.25. The van der Waals surface area contributed by atoms with E-state index >= 15 is 0 Å². The highest BCUT2D eigenvalue weighted by molar-refractivity contribution is 5.31. The molecule has 1 heterocycles. The Bertz CT molecular complexity index is 452. The van der Waals surface area contributed by atoms with Crippen molar-refractivity contribution < 1.29 is 5.11 Å². The summed E-state index contributed by atoms with van der Waals surface area (Å²) in [5, 5.41) is 13.6. The van der Waals surface area contributed by atoms with Gasteiger partial charge in [0.1, 0.15) is 5.75 Å². The zero-order valence-electron chi connectivity index (χ0n) is 13.4. The highest BCUT2D eigenvalue weighted by Gasteiger charge is 2.39. The van der Waals surface area contributed by atoms with Crippen LogP contribution in [0.1, 0.15) is 46.1 Å². The van der Waals surface area contributed by atoms with Gasteiger partial charge in [-0.3, -0.25) is 4.90 Å². The smallest absolute Gasteiger partial charge is 0.120 e. The predicted octanol–water partition coefficient (Wildman–Crippen LogP) is 3.13. The number of phenolic OH excluding ortho intramolecular Hbond substituents is 1. The Morgan fingerprint density at radius 3 is 2.25 bits per heavy atom. The van der Waals surface area contributed by atoms with Crippen LogP contribution in [0.2, 0.25) is 0 Å². The van der Waals surface area contributed by atoms with E-state index in [1.54, 1.807) is 6.07 Å². The number of rotatable bonds is 3. The monoisotopic (exact) mass is 276 g/mol. The van der Waals surface area contributed by atoms with Crippen molar-refractivity contribution in [3.05, 3.63) is 29.8 Å². The van der Waals surface area contributed by atoms with Gasteiger partial charge in [0.25, 0.3) is 0 Å². The fraction of sp³-hybridized carbons (Fsp3) is 0.647. The van der Waals surface area contributed by atoms with Crippen LogP contribution in [0, 0.1) is 0 Å². The molecule has 0 saturated carbocycles. The van der Waals surface area contributed by atoms with Crippen LogP contribution in [0.5, 0.6) is 5.75 Å². The molecule has 0 unspecified atom stereocenters. The molecular weight excluding hydrogens is 248 g/mol. The molecule has 0 radical (unpaired) electrons. The van der Waals surface area contributed by atoms with E-state index in [2.05, 4.69) is 45.0 Å². The Morgan fingerprint density at radius 2 is 1.70 bits per heavy atom. The lowest BCUT2D eigenvalue weighted by Crippen LogP contribution is -2.61. The number of hydrogen-bond acceptors (Lipinski definition) is 3. The number of para-hydroxylation sites is 1. The third-order valence-corrected chi connectivity index (χ3v) is 4.20. The Hall–Kier alpha value is -1.06. The zero-order chi connectivity index (χ0) is 15.0.